The third-order valence-electron chi connectivity index (χ3n) is 3.41. The Hall–Kier alpha value is 0.177. The first kappa shape index (κ1) is 17.2. The van der Waals surface area contributed by atoms with Crippen molar-refractivity contribution in [1.29, 1.82) is 0 Å². The van der Waals surface area contributed by atoms with E-state index in [2.05, 4.69) is 13.8 Å². The highest BCUT2D eigenvalue weighted by molar-refractivity contribution is 6.51. The Morgan fingerprint density at radius 2 is 1.06 bits per heavy atom. The van der Waals surface area contributed by atoms with Crippen molar-refractivity contribution in [1.82, 2.24) is 0 Å². The minimum atomic E-state index is -0.458. The maximum absolute atomic E-state index is 5.67. The summed E-state index contributed by atoms with van der Waals surface area (Å²) < 4.78 is 5.67. The average Bonchev–Trinajstić information content (AvgIpc) is 2.36. The van der Waals surface area contributed by atoms with Crippen molar-refractivity contribution < 1.29 is 4.43 Å². The molecule has 0 aliphatic rings. The maximum atomic E-state index is 5.67. The zero-order chi connectivity index (χ0) is 12.8. The third kappa shape index (κ3) is 12.4. The van der Waals surface area contributed by atoms with Crippen LogP contribution in [0.2, 0.25) is 12.1 Å². The summed E-state index contributed by atoms with van der Waals surface area (Å²) in [6.07, 6.45) is 14.0. The molecule has 0 aromatic heterocycles. The summed E-state index contributed by atoms with van der Waals surface area (Å²) in [5, 5.41) is 0. The van der Waals surface area contributed by atoms with Gasteiger partial charge in [0.15, 0.2) is 0 Å². The third-order valence-corrected chi connectivity index (χ3v) is 5.81. The molecule has 0 bridgehead atoms. The van der Waals surface area contributed by atoms with E-state index in [0.717, 1.165) is 0 Å². The van der Waals surface area contributed by atoms with Gasteiger partial charge >= 0.3 is 0 Å². The molecule has 0 unspecified atom stereocenters. The highest BCUT2D eigenvalue weighted by atomic mass is 28.3. The second-order valence-corrected chi connectivity index (χ2v) is 7.56. The molecule has 0 fully saturated rings. The molecule has 0 saturated carbocycles. The van der Waals surface area contributed by atoms with Crippen LogP contribution in [0.5, 0.6) is 0 Å². The lowest BCUT2D eigenvalue weighted by atomic mass is 10.2. The van der Waals surface area contributed by atoms with Gasteiger partial charge in [0.05, 0.1) is 0 Å². The second-order valence-electron chi connectivity index (χ2n) is 5.07. The van der Waals surface area contributed by atoms with Gasteiger partial charge in [0.1, 0.15) is 0 Å². The zero-order valence-electron chi connectivity index (χ0n) is 12.4. The summed E-state index contributed by atoms with van der Waals surface area (Å²) in [6.45, 7) is 4.56. The van der Waals surface area contributed by atoms with Crippen molar-refractivity contribution in [3.05, 3.63) is 0 Å². The van der Waals surface area contributed by atoms with E-state index in [1.54, 1.807) is 0 Å². The molecule has 2 heteroatoms. The summed E-state index contributed by atoms with van der Waals surface area (Å²) in [4.78, 5) is 0. The lowest BCUT2D eigenvalue weighted by Crippen LogP contribution is -2.15. The van der Waals surface area contributed by atoms with Crippen LogP contribution in [0, 0.1) is 0 Å². The van der Waals surface area contributed by atoms with Gasteiger partial charge in [0.2, 0.25) is 9.04 Å². The smallest absolute Gasteiger partial charge is 0.210 e. The van der Waals surface area contributed by atoms with E-state index >= 15 is 0 Å². The largest absolute Gasteiger partial charge is 0.420 e. The molecule has 0 heterocycles. The molecular formula is C15H33OSi. The predicted molar refractivity (Wildman–Crippen MR) is 79.9 cm³/mol. The van der Waals surface area contributed by atoms with E-state index in [1.807, 2.05) is 7.11 Å². The van der Waals surface area contributed by atoms with Crippen LogP contribution in [-0.2, 0) is 4.43 Å². The van der Waals surface area contributed by atoms with Crippen LogP contribution < -0.4 is 0 Å². The summed E-state index contributed by atoms with van der Waals surface area (Å²) in [6, 6.07) is 2.75. The zero-order valence-corrected chi connectivity index (χ0v) is 13.4. The molecule has 1 radical (unpaired) electrons. The van der Waals surface area contributed by atoms with Crippen LogP contribution in [0.1, 0.15) is 78.1 Å². The first-order valence-corrected chi connectivity index (χ1v) is 9.56. The molecule has 0 rings (SSSR count). The van der Waals surface area contributed by atoms with Gasteiger partial charge in [0.25, 0.3) is 0 Å². The van der Waals surface area contributed by atoms with E-state index in [4.69, 9.17) is 4.43 Å². The van der Waals surface area contributed by atoms with Gasteiger partial charge in [-0.25, -0.2) is 0 Å². The van der Waals surface area contributed by atoms with Crippen LogP contribution in [0.25, 0.3) is 0 Å². The van der Waals surface area contributed by atoms with E-state index in [9.17, 15) is 0 Å². The lowest BCUT2D eigenvalue weighted by molar-refractivity contribution is 0.412. The first-order valence-electron chi connectivity index (χ1n) is 7.73. The molecule has 103 valence electrons. The van der Waals surface area contributed by atoms with E-state index in [1.165, 1.54) is 76.3 Å². The van der Waals surface area contributed by atoms with Crippen molar-refractivity contribution >= 4 is 9.04 Å². The van der Waals surface area contributed by atoms with Gasteiger partial charge in [-0.15, -0.1) is 0 Å². The molecule has 17 heavy (non-hydrogen) atoms. The summed E-state index contributed by atoms with van der Waals surface area (Å²) in [5.41, 5.74) is 0. The Bertz CT molecular complexity index is 125. The van der Waals surface area contributed by atoms with Gasteiger partial charge in [-0.3, -0.25) is 0 Å². The molecule has 0 atom stereocenters. The number of rotatable bonds is 13. The van der Waals surface area contributed by atoms with E-state index in [-0.39, 0.29) is 0 Å². The fraction of sp³-hybridized carbons (Fsp3) is 1.00. The van der Waals surface area contributed by atoms with Crippen LogP contribution >= 0.6 is 0 Å². The van der Waals surface area contributed by atoms with Crippen molar-refractivity contribution in [2.24, 2.45) is 0 Å². The van der Waals surface area contributed by atoms with Crippen molar-refractivity contribution in [3.63, 3.8) is 0 Å². The number of hydrogen-bond acceptors (Lipinski definition) is 1. The molecule has 1 nitrogen and oxygen atoms in total. The Balaban J connectivity index is 3.30. The fourth-order valence-corrected chi connectivity index (χ4v) is 4.13. The lowest BCUT2D eigenvalue weighted by Gasteiger charge is -2.12. The normalized spacial score (nSPS) is 11.3. The molecule has 0 spiro atoms. The summed E-state index contributed by atoms with van der Waals surface area (Å²) in [7, 11) is 1.46. The van der Waals surface area contributed by atoms with Crippen molar-refractivity contribution in [2.45, 2.75) is 90.1 Å². The first-order chi connectivity index (χ1) is 8.35. The van der Waals surface area contributed by atoms with Crippen molar-refractivity contribution in [3.8, 4) is 0 Å². The minimum absolute atomic E-state index is 0.458. The van der Waals surface area contributed by atoms with Crippen molar-refractivity contribution in [2.75, 3.05) is 7.11 Å². The van der Waals surface area contributed by atoms with Gasteiger partial charge in [-0.1, -0.05) is 78.1 Å². The van der Waals surface area contributed by atoms with Gasteiger partial charge in [-0.05, 0) is 12.1 Å². The topological polar surface area (TPSA) is 9.23 Å². The molecule has 0 aliphatic heterocycles. The SMILES string of the molecule is CCCCCCC[Si](CCCCCCC)OC. The molecule has 0 aliphatic carbocycles. The standard InChI is InChI=1S/C15H33OSi/c1-4-6-8-10-12-14-17(16-3)15-13-11-9-7-5-2/h4-15H2,1-3H3. The fourth-order valence-electron chi connectivity index (χ4n) is 2.18. The summed E-state index contributed by atoms with van der Waals surface area (Å²) >= 11 is 0. The van der Waals surface area contributed by atoms with Crippen LogP contribution in [0.3, 0.4) is 0 Å². The minimum Gasteiger partial charge on any atom is -0.420 e. The Kier molecular flexibility index (Phi) is 14.4. The van der Waals surface area contributed by atoms with Crippen LogP contribution in [-0.4, -0.2) is 16.2 Å². The predicted octanol–water partition coefficient (Wildman–Crippen LogP) is 5.57. The van der Waals surface area contributed by atoms with E-state index < -0.39 is 9.04 Å². The summed E-state index contributed by atoms with van der Waals surface area (Å²) in [5.74, 6) is 0. The van der Waals surface area contributed by atoms with Gasteiger partial charge in [-0.2, -0.15) is 0 Å². The second kappa shape index (κ2) is 14.2. The van der Waals surface area contributed by atoms with Gasteiger partial charge < -0.3 is 4.43 Å². The molecule has 0 N–H and O–H groups in total. The monoisotopic (exact) mass is 257 g/mol. The average molecular weight is 258 g/mol. The molecule has 0 saturated heterocycles. The Morgan fingerprint density at radius 3 is 1.41 bits per heavy atom. The highest BCUT2D eigenvalue weighted by Gasteiger charge is 2.10. The van der Waals surface area contributed by atoms with Crippen LogP contribution in [0.15, 0.2) is 0 Å². The highest BCUT2D eigenvalue weighted by Crippen LogP contribution is 2.14. The quantitative estimate of drug-likeness (QED) is 0.310. The molecule has 0 amide bonds. The van der Waals surface area contributed by atoms with Crippen LogP contribution in [0.4, 0.5) is 0 Å². The maximum Gasteiger partial charge on any atom is 0.210 e. The Labute approximate surface area is 111 Å². The number of hydrogen-bond donors (Lipinski definition) is 0. The number of unbranched alkanes of at least 4 members (excludes halogenated alkanes) is 8. The Morgan fingerprint density at radius 1 is 0.647 bits per heavy atom. The van der Waals surface area contributed by atoms with E-state index in [0.29, 0.717) is 0 Å². The molecule has 0 aromatic carbocycles. The van der Waals surface area contributed by atoms with Gasteiger partial charge in [0, 0.05) is 7.11 Å². The molecule has 0 aromatic rings. The molecular weight excluding hydrogens is 224 g/mol.